The van der Waals surface area contributed by atoms with Gasteiger partial charge in [0.25, 0.3) is 5.69 Å². The van der Waals surface area contributed by atoms with Crippen molar-refractivity contribution in [1.82, 2.24) is 14.9 Å². The molecule has 30 heavy (non-hydrogen) atoms. The van der Waals surface area contributed by atoms with E-state index in [9.17, 15) is 14.9 Å². The van der Waals surface area contributed by atoms with Gasteiger partial charge < -0.3 is 9.80 Å². The van der Waals surface area contributed by atoms with Gasteiger partial charge in [-0.3, -0.25) is 14.9 Å². The van der Waals surface area contributed by atoms with Crippen LogP contribution < -0.4 is 4.90 Å². The number of nitrogens with zero attached hydrogens (tertiary/aromatic N) is 5. The second-order valence-corrected chi connectivity index (χ2v) is 8.10. The third-order valence-electron chi connectivity index (χ3n) is 5.10. The number of rotatable bonds is 5. The molecular weight excluding hydrogens is 402 g/mol. The van der Waals surface area contributed by atoms with Gasteiger partial charge in [-0.15, -0.1) is 11.3 Å². The number of carbonyl (C=O) groups is 1. The first-order valence-electron chi connectivity index (χ1n) is 9.75. The average Bonchev–Trinajstić information content (AvgIpc) is 3.21. The topological polar surface area (TPSA) is 92.5 Å². The number of hydrogen-bond acceptors (Lipinski definition) is 7. The molecular formula is C21H21N5O3S. The SMILES string of the molecule is CCc1cc2c(N3CCN(C(=O)C=Cc4cccc([N+](=O)[O-])c4)CC3)ncnc2s1. The fourth-order valence-corrected chi connectivity index (χ4v) is 4.40. The van der Waals surface area contributed by atoms with Crippen LogP contribution in [0.4, 0.5) is 11.5 Å². The maximum atomic E-state index is 12.6. The molecule has 0 saturated carbocycles. The highest BCUT2D eigenvalue weighted by Crippen LogP contribution is 2.31. The Morgan fingerprint density at radius 1 is 1.23 bits per heavy atom. The molecule has 0 spiro atoms. The van der Waals surface area contributed by atoms with Crippen LogP contribution in [0.1, 0.15) is 17.4 Å². The van der Waals surface area contributed by atoms with E-state index in [1.165, 1.54) is 23.1 Å². The molecule has 1 aliphatic heterocycles. The lowest BCUT2D eigenvalue weighted by molar-refractivity contribution is -0.384. The number of carbonyl (C=O) groups excluding carboxylic acids is 1. The standard InChI is InChI=1S/C21H21N5O3S/c1-2-17-13-18-20(22-14-23-21(18)30-17)25-10-8-24(9-11-25)19(27)7-6-15-4-3-5-16(12-15)26(28)29/h3-7,12-14H,2,8-11H2,1H3. The van der Waals surface area contributed by atoms with Gasteiger partial charge in [-0.2, -0.15) is 0 Å². The van der Waals surface area contributed by atoms with Gasteiger partial charge in [0.15, 0.2) is 0 Å². The van der Waals surface area contributed by atoms with Gasteiger partial charge in [-0.25, -0.2) is 9.97 Å². The van der Waals surface area contributed by atoms with E-state index >= 15 is 0 Å². The fraction of sp³-hybridized carbons (Fsp3) is 0.286. The van der Waals surface area contributed by atoms with E-state index in [4.69, 9.17) is 0 Å². The largest absolute Gasteiger partial charge is 0.352 e. The van der Waals surface area contributed by atoms with Gasteiger partial charge in [0.05, 0.1) is 10.3 Å². The number of thiophene rings is 1. The van der Waals surface area contributed by atoms with Gasteiger partial charge >= 0.3 is 0 Å². The summed E-state index contributed by atoms with van der Waals surface area (Å²) in [6.07, 6.45) is 5.67. The summed E-state index contributed by atoms with van der Waals surface area (Å²) < 4.78 is 0. The van der Waals surface area contributed by atoms with E-state index < -0.39 is 4.92 Å². The Kier molecular flexibility index (Phi) is 5.71. The van der Waals surface area contributed by atoms with Gasteiger partial charge in [0, 0.05) is 49.3 Å². The van der Waals surface area contributed by atoms with E-state index in [0.29, 0.717) is 31.7 Å². The summed E-state index contributed by atoms with van der Waals surface area (Å²) in [6.45, 7) is 4.70. The quantitative estimate of drug-likeness (QED) is 0.354. The number of aromatic nitrogens is 2. The zero-order valence-electron chi connectivity index (χ0n) is 16.5. The number of anilines is 1. The zero-order chi connectivity index (χ0) is 21.1. The number of benzene rings is 1. The molecule has 0 aliphatic carbocycles. The molecule has 4 rings (SSSR count). The Morgan fingerprint density at radius 3 is 2.77 bits per heavy atom. The zero-order valence-corrected chi connectivity index (χ0v) is 17.3. The average molecular weight is 423 g/mol. The normalized spacial score (nSPS) is 14.6. The summed E-state index contributed by atoms with van der Waals surface area (Å²) in [4.78, 5) is 38.1. The molecule has 0 atom stereocenters. The number of nitro benzene ring substituents is 1. The third-order valence-corrected chi connectivity index (χ3v) is 6.29. The lowest BCUT2D eigenvalue weighted by Gasteiger charge is -2.35. The molecule has 0 unspecified atom stereocenters. The molecule has 1 fully saturated rings. The summed E-state index contributed by atoms with van der Waals surface area (Å²) in [5.41, 5.74) is 0.637. The van der Waals surface area contributed by atoms with Crippen LogP contribution in [0.2, 0.25) is 0 Å². The van der Waals surface area contributed by atoms with E-state index in [2.05, 4.69) is 27.9 Å². The minimum absolute atomic E-state index is 0.00837. The van der Waals surface area contributed by atoms with Crippen LogP contribution in [-0.4, -0.2) is 51.9 Å². The third kappa shape index (κ3) is 4.16. The van der Waals surface area contributed by atoms with Crippen molar-refractivity contribution in [2.45, 2.75) is 13.3 Å². The van der Waals surface area contributed by atoms with Crippen LogP contribution in [0, 0.1) is 10.1 Å². The van der Waals surface area contributed by atoms with Crippen LogP contribution in [0.15, 0.2) is 42.7 Å². The molecule has 2 aromatic heterocycles. The van der Waals surface area contributed by atoms with Crippen molar-refractivity contribution >= 4 is 45.0 Å². The van der Waals surface area contributed by atoms with Crippen molar-refractivity contribution in [1.29, 1.82) is 0 Å². The van der Waals surface area contributed by atoms with Crippen molar-refractivity contribution in [3.05, 3.63) is 63.3 Å². The first kappa shape index (κ1) is 20.0. The Balaban J connectivity index is 1.41. The first-order chi connectivity index (χ1) is 14.5. The van der Waals surface area contributed by atoms with Crippen LogP contribution >= 0.6 is 11.3 Å². The number of nitro groups is 1. The molecule has 9 heteroatoms. The molecule has 8 nitrogen and oxygen atoms in total. The number of non-ortho nitro benzene ring substituents is 1. The molecule has 1 aromatic carbocycles. The van der Waals surface area contributed by atoms with E-state index in [-0.39, 0.29) is 11.6 Å². The number of hydrogen-bond donors (Lipinski definition) is 0. The number of amides is 1. The van der Waals surface area contributed by atoms with Crippen molar-refractivity contribution in [3.8, 4) is 0 Å². The number of piperazine rings is 1. The summed E-state index contributed by atoms with van der Waals surface area (Å²) in [5.74, 6) is 0.827. The molecule has 3 aromatic rings. The summed E-state index contributed by atoms with van der Waals surface area (Å²) in [6, 6.07) is 8.39. The lowest BCUT2D eigenvalue weighted by Crippen LogP contribution is -2.48. The highest BCUT2D eigenvalue weighted by Gasteiger charge is 2.22. The summed E-state index contributed by atoms with van der Waals surface area (Å²) in [7, 11) is 0. The van der Waals surface area contributed by atoms with Gasteiger partial charge in [0.1, 0.15) is 17.0 Å². The molecule has 1 saturated heterocycles. The first-order valence-corrected chi connectivity index (χ1v) is 10.6. The number of fused-ring (bicyclic) bond motifs is 1. The smallest absolute Gasteiger partial charge is 0.270 e. The summed E-state index contributed by atoms with van der Waals surface area (Å²) in [5, 5.41) is 12.0. The Morgan fingerprint density at radius 2 is 2.03 bits per heavy atom. The van der Waals surface area contributed by atoms with Gasteiger partial charge in [-0.1, -0.05) is 19.1 Å². The highest BCUT2D eigenvalue weighted by atomic mass is 32.1. The van der Waals surface area contributed by atoms with Crippen molar-refractivity contribution < 1.29 is 9.72 Å². The fourth-order valence-electron chi connectivity index (χ4n) is 3.47. The number of aryl methyl sites for hydroxylation is 1. The Hall–Kier alpha value is -3.33. The molecule has 154 valence electrons. The van der Waals surface area contributed by atoms with E-state index in [1.54, 1.807) is 40.8 Å². The maximum Gasteiger partial charge on any atom is 0.270 e. The van der Waals surface area contributed by atoms with Crippen molar-refractivity contribution in [2.24, 2.45) is 0 Å². The Labute approximate surface area is 177 Å². The minimum atomic E-state index is -0.445. The van der Waals surface area contributed by atoms with Crippen LogP contribution in [0.5, 0.6) is 0 Å². The second kappa shape index (κ2) is 8.58. The maximum absolute atomic E-state index is 12.6. The van der Waals surface area contributed by atoms with Crippen LogP contribution in [0.25, 0.3) is 16.3 Å². The molecule has 1 aliphatic rings. The molecule has 0 radical (unpaired) electrons. The lowest BCUT2D eigenvalue weighted by atomic mass is 10.2. The van der Waals surface area contributed by atoms with E-state index in [0.717, 1.165) is 22.5 Å². The van der Waals surface area contributed by atoms with Crippen LogP contribution in [-0.2, 0) is 11.2 Å². The second-order valence-electron chi connectivity index (χ2n) is 6.98. The summed E-state index contributed by atoms with van der Waals surface area (Å²) >= 11 is 1.69. The monoisotopic (exact) mass is 423 g/mol. The molecule has 0 bridgehead atoms. The molecule has 3 heterocycles. The van der Waals surface area contributed by atoms with Gasteiger partial charge in [-0.05, 0) is 24.1 Å². The van der Waals surface area contributed by atoms with Gasteiger partial charge in [0.2, 0.25) is 5.91 Å². The van der Waals surface area contributed by atoms with Crippen LogP contribution in [0.3, 0.4) is 0 Å². The minimum Gasteiger partial charge on any atom is -0.352 e. The Bertz CT molecular complexity index is 1120. The predicted molar refractivity (Wildman–Crippen MR) is 118 cm³/mol. The molecule has 1 amide bonds. The molecule has 0 N–H and O–H groups in total. The highest BCUT2D eigenvalue weighted by molar-refractivity contribution is 7.18. The van der Waals surface area contributed by atoms with Crippen molar-refractivity contribution in [3.63, 3.8) is 0 Å². The van der Waals surface area contributed by atoms with Crippen molar-refractivity contribution in [2.75, 3.05) is 31.1 Å². The van der Waals surface area contributed by atoms with E-state index in [1.807, 2.05) is 0 Å². The predicted octanol–water partition coefficient (Wildman–Crippen LogP) is 3.52.